The summed E-state index contributed by atoms with van der Waals surface area (Å²) in [6, 6.07) is 10.9. The molecule has 0 spiro atoms. The number of sulfonamides is 1. The van der Waals surface area contributed by atoms with Crippen LogP contribution in [0, 0.1) is 12.7 Å². The number of benzene rings is 2. The number of hydrogen-bond acceptors (Lipinski definition) is 7. The molecule has 10 heteroatoms. The van der Waals surface area contributed by atoms with Crippen LogP contribution in [0.3, 0.4) is 0 Å². The van der Waals surface area contributed by atoms with Gasteiger partial charge in [0.2, 0.25) is 15.2 Å². The van der Waals surface area contributed by atoms with Crippen LogP contribution in [0.25, 0.3) is 0 Å². The van der Waals surface area contributed by atoms with Gasteiger partial charge in [-0.2, -0.15) is 4.37 Å². The number of nitrogens with one attached hydrogen (secondary N) is 2. The van der Waals surface area contributed by atoms with Crippen LogP contribution in [0.2, 0.25) is 0 Å². The van der Waals surface area contributed by atoms with Crippen LogP contribution in [0.15, 0.2) is 47.4 Å². The van der Waals surface area contributed by atoms with E-state index < -0.39 is 10.0 Å². The molecule has 2 aromatic carbocycles. The topological polar surface area (TPSA) is 93.2 Å². The Bertz CT molecular complexity index is 1120. The van der Waals surface area contributed by atoms with Crippen LogP contribution in [0.5, 0.6) is 5.75 Å². The molecule has 1 aromatic heterocycles. The third-order valence-corrected chi connectivity index (χ3v) is 6.98. The van der Waals surface area contributed by atoms with Crippen molar-refractivity contribution in [3.63, 3.8) is 0 Å². The first-order valence-corrected chi connectivity index (χ1v) is 12.0. The SMILES string of the molecule is CCC(CNc1nc(Cc2ccc(F)c(C)c2)ns1)NS(=O)(=O)c1ccc(OC)cc1. The van der Waals surface area contributed by atoms with Gasteiger partial charge in [-0.1, -0.05) is 19.1 Å². The number of methoxy groups -OCH3 is 1. The maximum Gasteiger partial charge on any atom is 0.240 e. The fourth-order valence-corrected chi connectivity index (χ4v) is 4.83. The van der Waals surface area contributed by atoms with Crippen LogP contribution in [0.1, 0.15) is 30.3 Å². The molecule has 0 aliphatic heterocycles. The third kappa shape index (κ3) is 6.22. The van der Waals surface area contributed by atoms with E-state index in [1.807, 2.05) is 6.92 Å². The third-order valence-electron chi connectivity index (χ3n) is 4.74. The molecule has 0 saturated carbocycles. The second-order valence-corrected chi connectivity index (χ2v) is 9.52. The van der Waals surface area contributed by atoms with Gasteiger partial charge in [-0.15, -0.1) is 0 Å². The molecule has 0 aliphatic rings. The zero-order chi connectivity index (χ0) is 22.4. The van der Waals surface area contributed by atoms with Gasteiger partial charge < -0.3 is 10.1 Å². The van der Waals surface area contributed by atoms with Crippen molar-refractivity contribution in [1.29, 1.82) is 0 Å². The Morgan fingerprint density at radius 1 is 1.19 bits per heavy atom. The fourth-order valence-electron chi connectivity index (χ4n) is 2.92. The smallest absolute Gasteiger partial charge is 0.240 e. The minimum atomic E-state index is -3.65. The van der Waals surface area contributed by atoms with Gasteiger partial charge in [-0.3, -0.25) is 0 Å². The first-order valence-electron chi connectivity index (χ1n) is 9.78. The van der Waals surface area contributed by atoms with Gasteiger partial charge in [0.1, 0.15) is 17.4 Å². The van der Waals surface area contributed by atoms with Crippen molar-refractivity contribution in [1.82, 2.24) is 14.1 Å². The minimum Gasteiger partial charge on any atom is -0.497 e. The molecular formula is C21H25FN4O3S2. The van der Waals surface area contributed by atoms with Crippen LogP contribution in [-0.4, -0.2) is 37.5 Å². The summed E-state index contributed by atoms with van der Waals surface area (Å²) in [5.41, 5.74) is 1.52. The highest BCUT2D eigenvalue weighted by atomic mass is 32.2. The molecule has 0 bridgehead atoms. The first kappa shape index (κ1) is 23.1. The van der Waals surface area contributed by atoms with Crippen molar-refractivity contribution in [2.45, 2.75) is 37.6 Å². The van der Waals surface area contributed by atoms with Crippen molar-refractivity contribution in [2.75, 3.05) is 19.0 Å². The van der Waals surface area contributed by atoms with E-state index in [1.54, 1.807) is 31.2 Å². The van der Waals surface area contributed by atoms with Crippen molar-refractivity contribution in [3.8, 4) is 5.75 Å². The predicted molar refractivity (Wildman–Crippen MR) is 120 cm³/mol. The van der Waals surface area contributed by atoms with Crippen molar-refractivity contribution >= 4 is 26.7 Å². The molecule has 1 heterocycles. The van der Waals surface area contributed by atoms with Gasteiger partial charge >= 0.3 is 0 Å². The number of rotatable bonds is 10. The second-order valence-electron chi connectivity index (χ2n) is 7.06. The largest absolute Gasteiger partial charge is 0.497 e. The quantitative estimate of drug-likeness (QED) is 0.475. The number of anilines is 1. The van der Waals surface area contributed by atoms with E-state index in [4.69, 9.17) is 4.74 Å². The minimum absolute atomic E-state index is 0.180. The number of nitrogens with zero attached hydrogens (tertiary/aromatic N) is 2. The van der Waals surface area contributed by atoms with E-state index in [0.717, 1.165) is 5.56 Å². The summed E-state index contributed by atoms with van der Waals surface area (Å²) < 4.78 is 50.8. The molecule has 31 heavy (non-hydrogen) atoms. The van der Waals surface area contributed by atoms with Crippen LogP contribution in [0.4, 0.5) is 9.52 Å². The molecule has 0 fully saturated rings. The zero-order valence-corrected chi connectivity index (χ0v) is 19.2. The molecule has 0 amide bonds. The van der Waals surface area contributed by atoms with E-state index in [1.165, 1.54) is 36.8 Å². The Morgan fingerprint density at radius 3 is 2.58 bits per heavy atom. The van der Waals surface area contributed by atoms with Crippen LogP contribution in [-0.2, 0) is 16.4 Å². The summed E-state index contributed by atoms with van der Waals surface area (Å²) >= 11 is 1.21. The highest BCUT2D eigenvalue weighted by molar-refractivity contribution is 7.89. The summed E-state index contributed by atoms with van der Waals surface area (Å²) in [6.45, 7) is 4.00. The van der Waals surface area contributed by atoms with E-state index in [9.17, 15) is 12.8 Å². The number of aryl methyl sites for hydroxylation is 1. The molecule has 3 aromatic rings. The molecular weight excluding hydrogens is 439 g/mol. The van der Waals surface area contributed by atoms with Crippen molar-refractivity contribution < 1.29 is 17.5 Å². The average molecular weight is 465 g/mol. The van der Waals surface area contributed by atoms with Crippen LogP contribution >= 0.6 is 11.5 Å². The Balaban J connectivity index is 1.58. The second kappa shape index (κ2) is 10.2. The van der Waals surface area contributed by atoms with E-state index in [-0.39, 0.29) is 16.8 Å². The molecule has 0 saturated heterocycles. The summed E-state index contributed by atoms with van der Waals surface area (Å²) in [5.74, 6) is 0.987. The lowest BCUT2D eigenvalue weighted by Crippen LogP contribution is -2.39. The summed E-state index contributed by atoms with van der Waals surface area (Å²) in [4.78, 5) is 4.63. The zero-order valence-electron chi connectivity index (χ0n) is 17.6. The number of halogens is 1. The van der Waals surface area contributed by atoms with Gasteiger partial charge in [0.15, 0.2) is 0 Å². The Labute approximate surface area is 185 Å². The molecule has 1 atom stereocenters. The maximum atomic E-state index is 13.4. The Morgan fingerprint density at radius 2 is 1.94 bits per heavy atom. The first-order chi connectivity index (χ1) is 14.8. The van der Waals surface area contributed by atoms with Crippen LogP contribution < -0.4 is 14.8 Å². The summed E-state index contributed by atoms with van der Waals surface area (Å²) in [5, 5.41) is 3.76. The monoisotopic (exact) mass is 464 g/mol. The summed E-state index contributed by atoms with van der Waals surface area (Å²) in [6.07, 6.45) is 1.10. The van der Waals surface area contributed by atoms with Gasteiger partial charge in [0.25, 0.3) is 0 Å². The lowest BCUT2D eigenvalue weighted by Gasteiger charge is -2.17. The van der Waals surface area contributed by atoms with Gasteiger partial charge in [0.05, 0.1) is 12.0 Å². The molecule has 0 radical (unpaired) electrons. The highest BCUT2D eigenvalue weighted by Crippen LogP contribution is 2.18. The molecule has 166 valence electrons. The fraction of sp³-hybridized carbons (Fsp3) is 0.333. The summed E-state index contributed by atoms with van der Waals surface area (Å²) in [7, 11) is -2.12. The number of hydrogen-bond donors (Lipinski definition) is 2. The van der Waals surface area contributed by atoms with Crippen molar-refractivity contribution in [2.24, 2.45) is 0 Å². The number of aromatic nitrogens is 2. The van der Waals surface area contributed by atoms with E-state index in [2.05, 4.69) is 19.4 Å². The molecule has 0 aliphatic carbocycles. The van der Waals surface area contributed by atoms with Gasteiger partial charge in [-0.25, -0.2) is 22.5 Å². The van der Waals surface area contributed by atoms with E-state index in [0.29, 0.717) is 41.7 Å². The standard InChI is InChI=1S/C21H25FN4O3S2/c1-4-16(26-31(27,28)18-8-6-17(29-3)7-9-18)13-23-21-24-20(25-30-21)12-15-5-10-19(22)14(2)11-15/h5-11,16,26H,4,12-13H2,1-3H3,(H,23,24,25). The Kier molecular flexibility index (Phi) is 7.58. The van der Waals surface area contributed by atoms with Gasteiger partial charge in [-0.05, 0) is 54.8 Å². The molecule has 1 unspecified atom stereocenters. The average Bonchev–Trinajstić information content (AvgIpc) is 3.21. The lowest BCUT2D eigenvalue weighted by molar-refractivity contribution is 0.414. The van der Waals surface area contributed by atoms with Crippen molar-refractivity contribution in [3.05, 3.63) is 65.2 Å². The number of ether oxygens (including phenoxy) is 1. The Hall–Kier alpha value is -2.56. The van der Waals surface area contributed by atoms with E-state index >= 15 is 0 Å². The molecule has 7 nitrogen and oxygen atoms in total. The predicted octanol–water partition coefficient (Wildman–Crippen LogP) is 3.75. The normalized spacial score (nSPS) is 12.5. The van der Waals surface area contributed by atoms with Gasteiger partial charge in [0, 0.05) is 30.5 Å². The molecule has 2 N–H and O–H groups in total. The lowest BCUT2D eigenvalue weighted by atomic mass is 10.1. The highest BCUT2D eigenvalue weighted by Gasteiger charge is 2.19. The maximum absolute atomic E-state index is 13.4. The molecule has 3 rings (SSSR count).